The molecule has 0 aliphatic heterocycles. The molecule has 0 spiro atoms. The number of aryl methyl sites for hydroxylation is 1. The second-order valence-electron chi connectivity index (χ2n) is 3.73. The molecule has 2 rings (SSSR count). The summed E-state index contributed by atoms with van der Waals surface area (Å²) in [6.07, 6.45) is 2.91. The molecule has 0 unspecified atom stereocenters. The van der Waals surface area contributed by atoms with Crippen LogP contribution in [0, 0.1) is 0 Å². The summed E-state index contributed by atoms with van der Waals surface area (Å²) in [7, 11) is 0. The van der Waals surface area contributed by atoms with Crippen LogP contribution in [-0.2, 0) is 11.3 Å². The van der Waals surface area contributed by atoms with Crippen LogP contribution in [0.4, 0.5) is 0 Å². The van der Waals surface area contributed by atoms with E-state index in [0.717, 1.165) is 4.83 Å². The summed E-state index contributed by atoms with van der Waals surface area (Å²) in [4.78, 5) is 27.2. The fraction of sp³-hybridized carbons (Fsp3) is 0.364. The molecule has 0 bridgehead atoms. The number of unbranched alkanes of at least 4 members (excludes halogenated alkanes) is 1. The minimum atomic E-state index is -0.802. The lowest BCUT2D eigenvalue weighted by atomic mass is 10.2. The Balaban J connectivity index is 2.06. The van der Waals surface area contributed by atoms with Crippen molar-refractivity contribution < 1.29 is 9.90 Å². The molecular formula is C11H12N2O3S. The number of nitrogens with zero attached hydrogens (tertiary/aromatic N) is 2. The zero-order chi connectivity index (χ0) is 12.3. The molecule has 0 saturated carbocycles. The quantitative estimate of drug-likeness (QED) is 0.822. The van der Waals surface area contributed by atoms with Gasteiger partial charge < -0.3 is 5.11 Å². The molecule has 0 aliphatic carbocycles. The summed E-state index contributed by atoms with van der Waals surface area (Å²) in [5.41, 5.74) is -0.0495. The fourth-order valence-corrected chi connectivity index (χ4v) is 2.33. The highest BCUT2D eigenvalue weighted by Crippen LogP contribution is 2.13. The third kappa shape index (κ3) is 2.71. The SMILES string of the molecule is O=C(O)CCCCn1cnc2sccc2c1=O. The fourth-order valence-electron chi connectivity index (χ4n) is 1.61. The Morgan fingerprint density at radius 2 is 2.29 bits per heavy atom. The van der Waals surface area contributed by atoms with Gasteiger partial charge in [-0.1, -0.05) is 0 Å². The van der Waals surface area contributed by atoms with Crippen molar-refractivity contribution in [3.63, 3.8) is 0 Å². The molecule has 1 N–H and O–H groups in total. The second-order valence-corrected chi connectivity index (χ2v) is 4.63. The van der Waals surface area contributed by atoms with Crippen molar-refractivity contribution in [2.45, 2.75) is 25.8 Å². The van der Waals surface area contributed by atoms with Gasteiger partial charge in [0, 0.05) is 13.0 Å². The standard InChI is InChI=1S/C11H12N2O3S/c14-9(15)3-1-2-5-13-7-12-10-8(11(13)16)4-6-17-10/h4,6-7H,1-3,5H2,(H,14,15). The van der Waals surface area contributed by atoms with Gasteiger partial charge in [-0.3, -0.25) is 14.2 Å². The van der Waals surface area contributed by atoms with Crippen LogP contribution in [0.25, 0.3) is 10.2 Å². The van der Waals surface area contributed by atoms with E-state index in [9.17, 15) is 9.59 Å². The van der Waals surface area contributed by atoms with E-state index < -0.39 is 5.97 Å². The Labute approximate surface area is 101 Å². The molecule has 6 heteroatoms. The van der Waals surface area contributed by atoms with Crippen LogP contribution in [0.5, 0.6) is 0 Å². The van der Waals surface area contributed by atoms with E-state index in [1.807, 2.05) is 5.38 Å². The van der Waals surface area contributed by atoms with Crippen LogP contribution < -0.4 is 5.56 Å². The van der Waals surface area contributed by atoms with Crippen molar-refractivity contribution in [3.05, 3.63) is 28.1 Å². The van der Waals surface area contributed by atoms with Crippen LogP contribution in [0.3, 0.4) is 0 Å². The zero-order valence-corrected chi connectivity index (χ0v) is 9.94. The van der Waals surface area contributed by atoms with Gasteiger partial charge in [-0.15, -0.1) is 11.3 Å². The van der Waals surface area contributed by atoms with E-state index in [1.165, 1.54) is 22.2 Å². The Hall–Kier alpha value is -1.69. The lowest BCUT2D eigenvalue weighted by Crippen LogP contribution is -2.20. The van der Waals surface area contributed by atoms with Crippen molar-refractivity contribution in [1.82, 2.24) is 9.55 Å². The van der Waals surface area contributed by atoms with Crippen molar-refractivity contribution in [3.8, 4) is 0 Å². The van der Waals surface area contributed by atoms with Crippen LogP contribution in [-0.4, -0.2) is 20.6 Å². The first-order valence-corrected chi connectivity index (χ1v) is 6.21. The van der Waals surface area contributed by atoms with Gasteiger partial charge in [0.05, 0.1) is 11.7 Å². The number of aromatic nitrogens is 2. The normalized spacial score (nSPS) is 10.8. The lowest BCUT2D eigenvalue weighted by Gasteiger charge is -2.03. The first-order chi connectivity index (χ1) is 8.18. The van der Waals surface area contributed by atoms with Gasteiger partial charge in [0.1, 0.15) is 4.83 Å². The molecule has 0 atom stereocenters. The van der Waals surface area contributed by atoms with Crippen LogP contribution in [0.1, 0.15) is 19.3 Å². The molecule has 0 saturated heterocycles. The largest absolute Gasteiger partial charge is 0.481 e. The first kappa shape index (κ1) is 11.8. The topological polar surface area (TPSA) is 72.2 Å². The Kier molecular flexibility index (Phi) is 3.53. The molecule has 17 heavy (non-hydrogen) atoms. The van der Waals surface area contributed by atoms with E-state index in [2.05, 4.69) is 4.98 Å². The molecule has 0 fully saturated rings. The molecule has 2 heterocycles. The number of aliphatic carboxylic acids is 1. The first-order valence-electron chi connectivity index (χ1n) is 5.33. The highest BCUT2D eigenvalue weighted by atomic mass is 32.1. The third-order valence-corrected chi connectivity index (χ3v) is 3.31. The Morgan fingerprint density at radius 3 is 3.06 bits per heavy atom. The van der Waals surface area contributed by atoms with Crippen LogP contribution in [0.15, 0.2) is 22.6 Å². The summed E-state index contributed by atoms with van der Waals surface area (Å²) in [5.74, 6) is -0.802. The van der Waals surface area contributed by atoms with Gasteiger partial charge in [0.2, 0.25) is 0 Å². The maximum atomic E-state index is 11.9. The molecule has 2 aromatic heterocycles. The number of fused-ring (bicyclic) bond motifs is 1. The van der Waals surface area contributed by atoms with Gasteiger partial charge in [-0.05, 0) is 24.3 Å². The van der Waals surface area contributed by atoms with Crippen molar-refractivity contribution in [2.24, 2.45) is 0 Å². The molecule has 0 amide bonds. The summed E-state index contributed by atoms with van der Waals surface area (Å²) >= 11 is 1.44. The van der Waals surface area contributed by atoms with Crippen molar-refractivity contribution in [2.75, 3.05) is 0 Å². The summed E-state index contributed by atoms with van der Waals surface area (Å²) < 4.78 is 1.54. The van der Waals surface area contributed by atoms with Crippen molar-refractivity contribution >= 4 is 27.5 Å². The average Bonchev–Trinajstić information content (AvgIpc) is 2.75. The van der Waals surface area contributed by atoms with Crippen LogP contribution in [0.2, 0.25) is 0 Å². The number of carboxylic acids is 1. The Morgan fingerprint density at radius 1 is 1.47 bits per heavy atom. The summed E-state index contributed by atoms with van der Waals surface area (Å²) in [5, 5.41) is 11.0. The molecule has 2 aromatic rings. The maximum Gasteiger partial charge on any atom is 0.303 e. The van der Waals surface area contributed by atoms with Gasteiger partial charge in [0.15, 0.2) is 0 Å². The van der Waals surface area contributed by atoms with Gasteiger partial charge in [-0.25, -0.2) is 4.98 Å². The average molecular weight is 252 g/mol. The maximum absolute atomic E-state index is 11.9. The van der Waals surface area contributed by atoms with E-state index in [4.69, 9.17) is 5.11 Å². The number of carboxylic acid groups (broad SMARTS) is 1. The zero-order valence-electron chi connectivity index (χ0n) is 9.13. The van der Waals surface area contributed by atoms with Gasteiger partial charge in [-0.2, -0.15) is 0 Å². The molecule has 5 nitrogen and oxygen atoms in total. The monoisotopic (exact) mass is 252 g/mol. The summed E-state index contributed by atoms with van der Waals surface area (Å²) in [6, 6.07) is 1.77. The third-order valence-electron chi connectivity index (χ3n) is 2.49. The highest BCUT2D eigenvalue weighted by molar-refractivity contribution is 7.16. The molecule has 90 valence electrons. The highest BCUT2D eigenvalue weighted by Gasteiger charge is 2.04. The number of thiophene rings is 1. The summed E-state index contributed by atoms with van der Waals surface area (Å²) in [6.45, 7) is 0.519. The van der Waals surface area contributed by atoms with Crippen molar-refractivity contribution in [1.29, 1.82) is 0 Å². The van der Waals surface area contributed by atoms with E-state index in [1.54, 1.807) is 6.07 Å². The second kappa shape index (κ2) is 5.09. The number of carbonyl (C=O) groups is 1. The predicted octanol–water partition coefficient (Wildman–Crippen LogP) is 1.71. The smallest absolute Gasteiger partial charge is 0.303 e. The van der Waals surface area contributed by atoms with Gasteiger partial charge >= 0.3 is 5.97 Å². The van der Waals surface area contributed by atoms with E-state index in [-0.39, 0.29) is 12.0 Å². The molecular weight excluding hydrogens is 240 g/mol. The van der Waals surface area contributed by atoms with E-state index >= 15 is 0 Å². The Bertz CT molecular complexity index is 588. The number of rotatable bonds is 5. The molecule has 0 aromatic carbocycles. The van der Waals surface area contributed by atoms with Crippen LogP contribution >= 0.6 is 11.3 Å². The minimum Gasteiger partial charge on any atom is -0.481 e. The predicted molar refractivity (Wildman–Crippen MR) is 65.4 cm³/mol. The number of hydrogen-bond acceptors (Lipinski definition) is 4. The number of hydrogen-bond donors (Lipinski definition) is 1. The lowest BCUT2D eigenvalue weighted by molar-refractivity contribution is -0.137. The molecule has 0 radical (unpaired) electrons. The molecule has 0 aliphatic rings. The minimum absolute atomic E-state index is 0.0495. The van der Waals surface area contributed by atoms with E-state index in [0.29, 0.717) is 24.8 Å². The van der Waals surface area contributed by atoms with Gasteiger partial charge in [0.25, 0.3) is 5.56 Å².